The van der Waals surface area contributed by atoms with E-state index < -0.39 is 0 Å². The predicted octanol–water partition coefficient (Wildman–Crippen LogP) is 5.35. The van der Waals surface area contributed by atoms with Gasteiger partial charge in [-0.25, -0.2) is 0 Å². The lowest BCUT2D eigenvalue weighted by atomic mass is 9.99. The number of Topliss-reactive ketones (excluding diaryl/α,β-unsaturated/α-hetero) is 1. The van der Waals surface area contributed by atoms with Crippen LogP contribution in [-0.4, -0.2) is 89.3 Å². The highest BCUT2D eigenvalue weighted by atomic mass is 16.6. The van der Waals surface area contributed by atoms with Crippen LogP contribution >= 0.6 is 0 Å². The molecule has 0 amide bonds. The van der Waals surface area contributed by atoms with Crippen LogP contribution in [-0.2, 0) is 33.4 Å². The zero-order valence-corrected chi connectivity index (χ0v) is 32.8. The van der Waals surface area contributed by atoms with Gasteiger partial charge in [-0.05, 0) is 97.6 Å². The van der Waals surface area contributed by atoms with E-state index in [2.05, 4.69) is 22.7 Å². The highest BCUT2D eigenvalue weighted by molar-refractivity contribution is 5.90. The Morgan fingerprint density at radius 1 is 1.06 bits per heavy atom. The summed E-state index contributed by atoms with van der Waals surface area (Å²) in [5.74, 6) is 0.789. The number of nitrogens with two attached hydrogens (primary N) is 2. The molecule has 0 spiro atoms. The van der Waals surface area contributed by atoms with Gasteiger partial charge in [0.05, 0.1) is 17.6 Å². The molecular formula is C39H62N4O11. The Morgan fingerprint density at radius 2 is 1.72 bits per heavy atom. The molecule has 0 aliphatic carbocycles. The monoisotopic (exact) mass is 762 g/mol. The van der Waals surface area contributed by atoms with E-state index in [1.807, 2.05) is 40.4 Å². The van der Waals surface area contributed by atoms with E-state index in [1.54, 1.807) is 36.4 Å². The Morgan fingerprint density at radius 3 is 2.22 bits per heavy atom. The average molecular weight is 763 g/mol. The van der Waals surface area contributed by atoms with Gasteiger partial charge in [-0.3, -0.25) is 24.5 Å². The molecule has 0 radical (unpaired) electrons. The average Bonchev–Trinajstić information content (AvgIpc) is 3.68. The maximum absolute atomic E-state index is 11.3. The molecule has 15 nitrogen and oxygen atoms in total. The van der Waals surface area contributed by atoms with Gasteiger partial charge in [0, 0.05) is 41.6 Å². The number of nitrogens with zero attached hydrogens (tertiary/aromatic N) is 1. The molecule has 15 heteroatoms. The number of carbonyl (C=O) groups excluding carboxylic acids is 5. The summed E-state index contributed by atoms with van der Waals surface area (Å²) in [5, 5.41) is 14.3. The molecule has 2 aromatic carbocycles. The minimum atomic E-state index is -0.337. The second kappa shape index (κ2) is 36.5. The van der Waals surface area contributed by atoms with Crippen LogP contribution in [0.15, 0.2) is 48.5 Å². The number of nitro benzene ring substituents is 1. The minimum absolute atomic E-state index is 0.00792. The second-order valence-electron chi connectivity index (χ2n) is 11.5. The Hall–Kier alpha value is -4.83. The molecule has 1 aliphatic rings. The van der Waals surface area contributed by atoms with E-state index in [0.29, 0.717) is 43.2 Å². The predicted molar refractivity (Wildman–Crippen MR) is 210 cm³/mol. The molecule has 1 heterocycles. The molecule has 0 aromatic heterocycles. The summed E-state index contributed by atoms with van der Waals surface area (Å²) in [5.41, 5.74) is 12.3. The van der Waals surface area contributed by atoms with Crippen LogP contribution in [0.5, 0.6) is 11.5 Å². The highest BCUT2D eigenvalue weighted by Gasteiger charge is 2.19. The number of unbranched alkanes of at least 4 members (excludes halogenated alkanes) is 1. The third kappa shape index (κ3) is 25.2. The first-order valence-electron chi connectivity index (χ1n) is 17.6. The summed E-state index contributed by atoms with van der Waals surface area (Å²) < 4.78 is 20.6. The van der Waals surface area contributed by atoms with Crippen molar-refractivity contribution < 1.29 is 47.8 Å². The second-order valence-corrected chi connectivity index (χ2v) is 11.5. The Labute approximate surface area is 320 Å². The van der Waals surface area contributed by atoms with E-state index in [1.165, 1.54) is 39.4 Å². The fraction of sp³-hybridized carbons (Fsp3) is 0.513. The van der Waals surface area contributed by atoms with Gasteiger partial charge < -0.3 is 45.3 Å². The fourth-order valence-electron chi connectivity index (χ4n) is 4.87. The van der Waals surface area contributed by atoms with Gasteiger partial charge in [-0.15, -0.1) is 0 Å². The molecule has 54 heavy (non-hydrogen) atoms. The van der Waals surface area contributed by atoms with Gasteiger partial charge in [-0.1, -0.05) is 31.2 Å². The number of ketones is 1. The maximum atomic E-state index is 11.3. The van der Waals surface area contributed by atoms with Gasteiger partial charge in [0.15, 0.2) is 0 Å². The van der Waals surface area contributed by atoms with Crippen LogP contribution < -0.4 is 26.3 Å². The number of carbonyl (C=O) groups is 5. The van der Waals surface area contributed by atoms with Crippen LogP contribution in [0.25, 0.3) is 5.57 Å². The van der Waals surface area contributed by atoms with Crippen LogP contribution in [0.1, 0.15) is 90.2 Å². The summed E-state index contributed by atoms with van der Waals surface area (Å²) in [6.45, 7) is 16.9. The minimum Gasteiger partial charge on any atom is -0.490 e. The smallest absolute Gasteiger partial charge is 0.298 e. The van der Waals surface area contributed by atoms with Crippen molar-refractivity contribution in [3.63, 3.8) is 0 Å². The van der Waals surface area contributed by atoms with E-state index in [-0.39, 0.29) is 48.1 Å². The largest absolute Gasteiger partial charge is 0.490 e. The normalized spacial score (nSPS) is 13.6. The van der Waals surface area contributed by atoms with E-state index in [9.17, 15) is 24.5 Å². The first-order chi connectivity index (χ1) is 26.1. The van der Waals surface area contributed by atoms with Crippen molar-refractivity contribution in [2.24, 2.45) is 11.5 Å². The van der Waals surface area contributed by atoms with Crippen molar-refractivity contribution in [1.29, 1.82) is 0 Å². The SMILES string of the molecule is C/C=C(/CC(C)=O)c1ccc(OCCOC=O)cc1OC=O.C=O.C=O.CC(CCCCN)OCC(C)c1ccccc1[N+](=O)[O-].CC1CCCN1.CN. The summed E-state index contributed by atoms with van der Waals surface area (Å²) in [7, 11) is 1.50. The molecular weight excluding hydrogens is 700 g/mol. The number of nitrogens with one attached hydrogen (secondary N) is 1. The van der Waals surface area contributed by atoms with Gasteiger partial charge in [0.2, 0.25) is 0 Å². The maximum Gasteiger partial charge on any atom is 0.298 e. The lowest BCUT2D eigenvalue weighted by Crippen LogP contribution is -2.16. The Bertz CT molecular complexity index is 1320. The molecule has 0 bridgehead atoms. The van der Waals surface area contributed by atoms with Gasteiger partial charge in [0.1, 0.15) is 44.1 Å². The van der Waals surface area contributed by atoms with Crippen molar-refractivity contribution in [2.45, 2.75) is 91.2 Å². The molecule has 2 aromatic rings. The van der Waals surface area contributed by atoms with Crippen LogP contribution in [0.3, 0.4) is 0 Å². The fourth-order valence-corrected chi connectivity index (χ4v) is 4.87. The zero-order valence-electron chi connectivity index (χ0n) is 32.8. The lowest BCUT2D eigenvalue weighted by Gasteiger charge is -2.17. The van der Waals surface area contributed by atoms with Crippen molar-refractivity contribution in [1.82, 2.24) is 5.32 Å². The number of hydrogen-bond donors (Lipinski definition) is 3. The Kier molecular flexibility index (Phi) is 36.2. The lowest BCUT2D eigenvalue weighted by molar-refractivity contribution is -0.385. The molecule has 1 fully saturated rings. The van der Waals surface area contributed by atoms with E-state index >= 15 is 0 Å². The molecule has 0 saturated carbocycles. The van der Waals surface area contributed by atoms with Gasteiger partial charge in [0.25, 0.3) is 18.6 Å². The summed E-state index contributed by atoms with van der Waals surface area (Å²) in [4.78, 5) is 58.6. The van der Waals surface area contributed by atoms with Crippen molar-refractivity contribution in [2.75, 3.05) is 40.0 Å². The Balaban J connectivity index is -0.000000744. The molecule has 3 rings (SSSR count). The van der Waals surface area contributed by atoms with Gasteiger partial charge >= 0.3 is 0 Å². The number of para-hydroxylation sites is 1. The van der Waals surface area contributed by atoms with Crippen molar-refractivity contribution in [3.05, 3.63) is 69.8 Å². The summed E-state index contributed by atoms with van der Waals surface area (Å²) in [6, 6.07) is 12.6. The van der Waals surface area contributed by atoms with E-state index in [0.717, 1.165) is 36.4 Å². The molecule has 304 valence electrons. The van der Waals surface area contributed by atoms with E-state index in [4.69, 9.17) is 29.5 Å². The van der Waals surface area contributed by atoms with Gasteiger partial charge in [-0.2, -0.15) is 0 Å². The quantitative estimate of drug-likeness (QED) is 0.0709. The molecule has 3 atom stereocenters. The first kappa shape index (κ1) is 53.5. The molecule has 1 saturated heterocycles. The van der Waals surface area contributed by atoms with Crippen LogP contribution in [0.2, 0.25) is 0 Å². The topological polar surface area (TPSA) is 229 Å². The standard InChI is InChI=1S/C16H18O6.C15H24N2O3.C5H11N.CH5N.2CH2O/c1-3-13(8-12(2)19)15-5-4-14(9-16(15)22-11-18)21-7-6-20-10-17;1-12(11-20-13(2)7-5-6-10-16)14-8-3-4-9-15(14)17(18)19;1-5-3-2-4-6-5;3*1-2/h3-5,9-11H,6-8H2,1-2H3;3-4,8-9,12-13H,5-7,10-11,16H2,1-2H3;5-6H,2-4H2,1H3;2H2,1H3;2*1H2/b13-3-;;;;;. The van der Waals surface area contributed by atoms with Crippen LogP contribution in [0.4, 0.5) is 5.69 Å². The number of rotatable bonds is 19. The summed E-state index contributed by atoms with van der Waals surface area (Å²) in [6.07, 6.45) is 7.99. The first-order valence-corrected chi connectivity index (χ1v) is 17.6. The van der Waals surface area contributed by atoms with Crippen molar-refractivity contribution >= 4 is 43.6 Å². The number of hydrogen-bond acceptors (Lipinski definition) is 14. The number of ether oxygens (including phenoxy) is 4. The summed E-state index contributed by atoms with van der Waals surface area (Å²) >= 11 is 0. The highest BCUT2D eigenvalue weighted by Crippen LogP contribution is 2.32. The number of allylic oxidation sites excluding steroid dienone is 2. The van der Waals surface area contributed by atoms with Crippen molar-refractivity contribution in [3.8, 4) is 11.5 Å². The third-order valence-electron chi connectivity index (χ3n) is 7.47. The molecule has 3 unspecified atom stereocenters. The number of benzene rings is 2. The number of nitro groups is 1. The molecule has 5 N–H and O–H groups in total. The zero-order chi connectivity index (χ0) is 41.7. The van der Waals surface area contributed by atoms with Crippen LogP contribution in [0, 0.1) is 10.1 Å². The third-order valence-corrected chi connectivity index (χ3v) is 7.47. The molecule has 1 aliphatic heterocycles.